The van der Waals surface area contributed by atoms with Gasteiger partial charge in [0.2, 0.25) is 0 Å². The van der Waals surface area contributed by atoms with E-state index in [1.54, 1.807) is 13.2 Å². The van der Waals surface area contributed by atoms with Crippen LogP contribution >= 0.6 is 0 Å². The summed E-state index contributed by atoms with van der Waals surface area (Å²) in [7, 11) is 3.08. The third-order valence-corrected chi connectivity index (χ3v) is 6.29. The molecule has 0 saturated carbocycles. The summed E-state index contributed by atoms with van der Waals surface area (Å²) in [6, 6.07) is 7.34. The fourth-order valence-corrected chi connectivity index (χ4v) is 4.75. The largest absolute Gasteiger partial charge is 0.497 e. The first-order valence-electron chi connectivity index (χ1n) is 11.3. The van der Waals surface area contributed by atoms with Gasteiger partial charge in [0.05, 0.1) is 13.7 Å². The van der Waals surface area contributed by atoms with E-state index < -0.39 is 17.2 Å². The average Bonchev–Trinajstić information content (AvgIpc) is 2.82. The van der Waals surface area contributed by atoms with Crippen molar-refractivity contribution in [2.45, 2.75) is 57.6 Å². The molecular weight excluding hydrogens is 425 g/mol. The molecule has 0 N–H and O–H groups in total. The zero-order valence-electron chi connectivity index (χ0n) is 19.9. The number of ether oxygens (including phenoxy) is 4. The lowest BCUT2D eigenvalue weighted by Crippen LogP contribution is -2.51. The number of methoxy groups -OCH3 is 2. The number of rotatable bonds is 10. The second-order valence-corrected chi connectivity index (χ2v) is 9.28. The summed E-state index contributed by atoms with van der Waals surface area (Å²) in [4.78, 5) is 2.87. The number of hydrogen-bond acceptors (Lipinski definition) is 5. The minimum atomic E-state index is -1.88. The van der Waals surface area contributed by atoms with E-state index in [0.717, 1.165) is 24.8 Å². The second-order valence-electron chi connectivity index (χ2n) is 9.28. The van der Waals surface area contributed by atoms with Gasteiger partial charge >= 0.3 is 0 Å². The molecule has 8 heteroatoms. The van der Waals surface area contributed by atoms with E-state index in [0.29, 0.717) is 23.5 Å². The van der Waals surface area contributed by atoms with Gasteiger partial charge in [-0.2, -0.15) is 0 Å². The third kappa shape index (κ3) is 5.95. The smallest absolute Gasteiger partial charge is 0.166 e. The Hall–Kier alpha value is -2.38. The number of nitrogens with zero attached hydrogens (tertiary/aromatic N) is 3. The van der Waals surface area contributed by atoms with Crippen LogP contribution < -0.4 is 4.74 Å². The van der Waals surface area contributed by atoms with Crippen molar-refractivity contribution in [3.05, 3.63) is 58.0 Å². The van der Waals surface area contributed by atoms with Gasteiger partial charge in [0.15, 0.2) is 12.0 Å². The molecule has 1 aliphatic heterocycles. The van der Waals surface area contributed by atoms with Crippen LogP contribution in [0, 0.1) is 5.41 Å². The Labute approximate surface area is 195 Å². The van der Waals surface area contributed by atoms with E-state index in [2.05, 4.69) is 10.0 Å². The highest BCUT2D eigenvalue weighted by Crippen LogP contribution is 2.48. The maximum atomic E-state index is 17.3. The number of azide groups is 1. The van der Waals surface area contributed by atoms with Gasteiger partial charge < -0.3 is 18.9 Å². The lowest BCUT2D eigenvalue weighted by molar-refractivity contribution is -0.158. The Kier molecular flexibility index (Phi) is 8.54. The first-order valence-corrected chi connectivity index (χ1v) is 11.3. The van der Waals surface area contributed by atoms with Crippen LogP contribution in [-0.4, -0.2) is 52.0 Å². The van der Waals surface area contributed by atoms with Crippen LogP contribution in [0.3, 0.4) is 0 Å². The average molecular weight is 460 g/mol. The van der Waals surface area contributed by atoms with E-state index >= 15 is 4.39 Å². The number of allylic oxidation sites excluding steroid dienone is 2. The second kappa shape index (κ2) is 11.2. The summed E-state index contributed by atoms with van der Waals surface area (Å²) in [6.07, 6.45) is 5.64. The Morgan fingerprint density at radius 3 is 2.79 bits per heavy atom. The van der Waals surface area contributed by atoms with Gasteiger partial charge in [0.25, 0.3) is 0 Å². The summed E-state index contributed by atoms with van der Waals surface area (Å²) in [5.41, 5.74) is 8.24. The van der Waals surface area contributed by atoms with Crippen LogP contribution in [0.2, 0.25) is 0 Å². The molecule has 0 aromatic heterocycles. The summed E-state index contributed by atoms with van der Waals surface area (Å²) in [6.45, 7) is 4.78. The Morgan fingerprint density at radius 2 is 2.12 bits per heavy atom. The molecule has 1 aromatic rings. The molecule has 0 radical (unpaired) electrons. The Balaban J connectivity index is 1.96. The van der Waals surface area contributed by atoms with Gasteiger partial charge in [-0.05, 0) is 53.6 Å². The molecular formula is C25H34FN3O4. The van der Waals surface area contributed by atoms with E-state index in [9.17, 15) is 0 Å². The van der Waals surface area contributed by atoms with Crippen LogP contribution in [0.5, 0.6) is 5.75 Å². The Morgan fingerprint density at radius 1 is 1.30 bits per heavy atom. The summed E-state index contributed by atoms with van der Waals surface area (Å²) < 4.78 is 40.0. The Bertz CT molecular complexity index is 920. The molecule has 7 nitrogen and oxygen atoms in total. The molecule has 0 spiro atoms. The molecule has 0 amide bonds. The number of benzene rings is 1. The normalized spacial score (nSPS) is 24.3. The molecule has 1 heterocycles. The van der Waals surface area contributed by atoms with Crippen molar-refractivity contribution >= 4 is 5.57 Å². The highest BCUT2D eigenvalue weighted by molar-refractivity contribution is 5.77. The highest BCUT2D eigenvalue weighted by atomic mass is 19.1. The van der Waals surface area contributed by atoms with Crippen LogP contribution in [0.15, 0.2) is 47.1 Å². The minimum Gasteiger partial charge on any atom is -0.497 e. The molecule has 1 fully saturated rings. The van der Waals surface area contributed by atoms with Gasteiger partial charge in [-0.3, -0.25) is 0 Å². The van der Waals surface area contributed by atoms with Gasteiger partial charge in [-0.1, -0.05) is 43.2 Å². The topological polar surface area (TPSA) is 85.7 Å². The quantitative estimate of drug-likeness (QED) is 0.243. The number of halogens is 1. The van der Waals surface area contributed by atoms with Crippen molar-refractivity contribution in [3.8, 4) is 5.75 Å². The zero-order chi connectivity index (χ0) is 23.9. The standard InChI is InChI=1S/C25H34FN3O4/c1-24(2,17-28-29-27)23(31-4)25(26)15-18(16-33-22-10-5-6-13-32-22)11-12-21(25)19-8-7-9-20(14-19)30-3/h7-9,11-12,14,22-23H,5-6,10,13,15-17H2,1-4H3. The molecule has 180 valence electrons. The van der Waals surface area contributed by atoms with Crippen molar-refractivity contribution in [1.82, 2.24) is 0 Å². The lowest BCUT2D eigenvalue weighted by Gasteiger charge is -2.45. The fourth-order valence-electron chi connectivity index (χ4n) is 4.75. The monoisotopic (exact) mass is 459 g/mol. The van der Waals surface area contributed by atoms with Crippen LogP contribution in [-0.2, 0) is 14.2 Å². The summed E-state index contributed by atoms with van der Waals surface area (Å²) >= 11 is 0. The van der Waals surface area contributed by atoms with Crippen LogP contribution in [0.1, 0.15) is 45.1 Å². The zero-order valence-corrected chi connectivity index (χ0v) is 19.9. The lowest BCUT2D eigenvalue weighted by atomic mass is 9.69. The van der Waals surface area contributed by atoms with E-state index in [1.165, 1.54) is 7.11 Å². The predicted octanol–water partition coefficient (Wildman–Crippen LogP) is 6.01. The maximum Gasteiger partial charge on any atom is 0.166 e. The minimum absolute atomic E-state index is 0.0982. The molecule has 2 aliphatic rings. The molecule has 0 bridgehead atoms. The van der Waals surface area contributed by atoms with Crippen molar-refractivity contribution < 1.29 is 23.3 Å². The predicted molar refractivity (Wildman–Crippen MR) is 126 cm³/mol. The molecule has 1 saturated heterocycles. The van der Waals surface area contributed by atoms with E-state index in [4.69, 9.17) is 24.5 Å². The summed E-state index contributed by atoms with van der Waals surface area (Å²) in [5.74, 6) is 0.644. The third-order valence-electron chi connectivity index (χ3n) is 6.29. The van der Waals surface area contributed by atoms with Crippen LogP contribution in [0.25, 0.3) is 16.0 Å². The summed E-state index contributed by atoms with van der Waals surface area (Å²) in [5, 5.41) is 3.72. The number of alkyl halides is 1. The first kappa shape index (κ1) is 25.2. The van der Waals surface area contributed by atoms with Gasteiger partial charge in [0, 0.05) is 37.0 Å². The fraction of sp³-hybridized carbons (Fsp3) is 0.600. The van der Waals surface area contributed by atoms with Gasteiger partial charge in [0.1, 0.15) is 11.9 Å². The van der Waals surface area contributed by atoms with Crippen molar-refractivity contribution in [2.24, 2.45) is 10.5 Å². The van der Waals surface area contributed by atoms with Crippen molar-refractivity contribution in [2.75, 3.05) is 34.0 Å². The molecule has 33 heavy (non-hydrogen) atoms. The SMILES string of the molecule is COc1cccc(C2=CC=C(COC3CCCCO3)CC2(F)C(OC)C(C)(C)CN=[N+]=[N-])c1. The number of hydrogen-bond donors (Lipinski definition) is 0. The molecule has 3 atom stereocenters. The first-order chi connectivity index (χ1) is 15.8. The van der Waals surface area contributed by atoms with Gasteiger partial charge in [-0.25, -0.2) is 4.39 Å². The van der Waals surface area contributed by atoms with Crippen molar-refractivity contribution in [3.63, 3.8) is 0 Å². The maximum absolute atomic E-state index is 17.3. The van der Waals surface area contributed by atoms with E-state index in [1.807, 2.05) is 44.2 Å². The molecule has 1 aromatic carbocycles. The molecule has 1 aliphatic carbocycles. The van der Waals surface area contributed by atoms with Crippen LogP contribution in [0.4, 0.5) is 4.39 Å². The highest BCUT2D eigenvalue weighted by Gasteiger charge is 2.51. The molecule has 3 unspecified atom stereocenters. The molecule has 3 rings (SSSR count). The van der Waals surface area contributed by atoms with E-state index in [-0.39, 0.29) is 25.9 Å². The van der Waals surface area contributed by atoms with Gasteiger partial charge in [-0.15, -0.1) is 0 Å². The van der Waals surface area contributed by atoms with Crippen molar-refractivity contribution in [1.29, 1.82) is 0 Å².